The van der Waals surface area contributed by atoms with Crippen LogP contribution in [0.1, 0.15) is 11.3 Å². The number of guanidine groups is 1. The van der Waals surface area contributed by atoms with Crippen LogP contribution < -0.4 is 20.5 Å². The molecule has 1 aromatic carbocycles. The van der Waals surface area contributed by atoms with Gasteiger partial charge in [-0.1, -0.05) is 0 Å². The standard InChI is InChI=1S/C15H21N5O2.HI/c1-10-11(9-18-20(10)2)8-17-15(16)19-12-5-6-13(21-3)14(7-12)22-4;/h5-7,9H,8H2,1-4H3,(H3,16,17,19);1H. The van der Waals surface area contributed by atoms with Gasteiger partial charge in [-0.15, -0.1) is 24.0 Å². The second kappa shape index (κ2) is 8.61. The molecule has 126 valence electrons. The number of hydrogen-bond donors (Lipinski definition) is 2. The van der Waals surface area contributed by atoms with Gasteiger partial charge >= 0.3 is 0 Å². The number of nitrogens with one attached hydrogen (secondary N) is 1. The maximum absolute atomic E-state index is 5.91. The van der Waals surface area contributed by atoms with Crippen molar-refractivity contribution in [2.45, 2.75) is 13.5 Å². The average Bonchev–Trinajstić information content (AvgIpc) is 2.84. The summed E-state index contributed by atoms with van der Waals surface area (Å²) in [5.41, 5.74) is 8.80. The van der Waals surface area contributed by atoms with Crippen LogP contribution in [0.3, 0.4) is 0 Å². The summed E-state index contributed by atoms with van der Waals surface area (Å²) >= 11 is 0. The average molecular weight is 431 g/mol. The van der Waals surface area contributed by atoms with Gasteiger partial charge in [0, 0.05) is 30.1 Å². The normalized spacial score (nSPS) is 10.9. The summed E-state index contributed by atoms with van der Waals surface area (Å²) in [6.07, 6.45) is 1.79. The number of aromatic nitrogens is 2. The third kappa shape index (κ3) is 4.75. The van der Waals surface area contributed by atoms with E-state index in [0.29, 0.717) is 24.0 Å². The summed E-state index contributed by atoms with van der Waals surface area (Å²) < 4.78 is 12.3. The summed E-state index contributed by atoms with van der Waals surface area (Å²) in [6.45, 7) is 2.47. The zero-order chi connectivity index (χ0) is 16.1. The summed E-state index contributed by atoms with van der Waals surface area (Å²) in [4.78, 5) is 4.32. The molecular weight excluding hydrogens is 409 g/mol. The SMILES string of the molecule is COc1ccc(NC(N)=NCc2cnn(C)c2C)cc1OC.I. The Morgan fingerprint density at radius 2 is 2.00 bits per heavy atom. The van der Waals surface area contributed by atoms with Crippen LogP contribution in [0.5, 0.6) is 11.5 Å². The fraction of sp³-hybridized carbons (Fsp3) is 0.333. The molecule has 0 fully saturated rings. The van der Waals surface area contributed by atoms with E-state index in [4.69, 9.17) is 15.2 Å². The van der Waals surface area contributed by atoms with Gasteiger partial charge in [0.05, 0.1) is 27.0 Å². The van der Waals surface area contributed by atoms with Crippen molar-refractivity contribution in [3.8, 4) is 11.5 Å². The maximum atomic E-state index is 5.91. The quantitative estimate of drug-likeness (QED) is 0.431. The van der Waals surface area contributed by atoms with E-state index in [0.717, 1.165) is 16.9 Å². The smallest absolute Gasteiger partial charge is 0.193 e. The lowest BCUT2D eigenvalue weighted by molar-refractivity contribution is 0.355. The molecule has 0 aliphatic rings. The summed E-state index contributed by atoms with van der Waals surface area (Å²) in [7, 11) is 5.08. The van der Waals surface area contributed by atoms with Crippen molar-refractivity contribution in [2.24, 2.45) is 17.8 Å². The Labute approximate surface area is 152 Å². The number of halogens is 1. The third-order valence-electron chi connectivity index (χ3n) is 3.41. The Morgan fingerprint density at radius 1 is 1.30 bits per heavy atom. The highest BCUT2D eigenvalue weighted by atomic mass is 127. The molecule has 2 aromatic rings. The number of benzene rings is 1. The van der Waals surface area contributed by atoms with Crippen molar-refractivity contribution in [2.75, 3.05) is 19.5 Å². The first-order valence-electron chi connectivity index (χ1n) is 6.81. The lowest BCUT2D eigenvalue weighted by Gasteiger charge is -2.10. The van der Waals surface area contributed by atoms with Crippen LogP contribution in [-0.2, 0) is 13.6 Å². The number of nitrogens with zero attached hydrogens (tertiary/aromatic N) is 3. The molecule has 0 amide bonds. The van der Waals surface area contributed by atoms with E-state index in [2.05, 4.69) is 15.4 Å². The number of rotatable bonds is 5. The van der Waals surface area contributed by atoms with Crippen LogP contribution in [0.25, 0.3) is 0 Å². The lowest BCUT2D eigenvalue weighted by Crippen LogP contribution is -2.22. The van der Waals surface area contributed by atoms with Gasteiger partial charge in [-0.3, -0.25) is 4.68 Å². The summed E-state index contributed by atoms with van der Waals surface area (Å²) in [5.74, 6) is 1.62. The van der Waals surface area contributed by atoms with Gasteiger partial charge in [0.25, 0.3) is 0 Å². The van der Waals surface area contributed by atoms with Crippen molar-refractivity contribution in [3.63, 3.8) is 0 Å². The van der Waals surface area contributed by atoms with Gasteiger partial charge in [-0.2, -0.15) is 5.10 Å². The predicted octanol–water partition coefficient (Wildman–Crippen LogP) is 2.29. The first-order chi connectivity index (χ1) is 10.5. The molecule has 7 nitrogen and oxygen atoms in total. The molecule has 0 aliphatic carbocycles. The molecule has 3 N–H and O–H groups in total. The minimum Gasteiger partial charge on any atom is -0.493 e. The van der Waals surface area contributed by atoms with Crippen LogP contribution in [0.4, 0.5) is 5.69 Å². The molecule has 0 spiro atoms. The molecule has 8 heteroatoms. The van der Waals surface area contributed by atoms with Gasteiger partial charge < -0.3 is 20.5 Å². The Balaban J connectivity index is 0.00000264. The van der Waals surface area contributed by atoms with Crippen LogP contribution in [0.2, 0.25) is 0 Å². The number of aryl methyl sites for hydroxylation is 1. The number of hydrogen-bond acceptors (Lipinski definition) is 4. The molecule has 23 heavy (non-hydrogen) atoms. The van der Waals surface area contributed by atoms with Gasteiger partial charge in [-0.25, -0.2) is 4.99 Å². The first kappa shape index (κ1) is 19.1. The van der Waals surface area contributed by atoms with E-state index in [9.17, 15) is 0 Å². The van der Waals surface area contributed by atoms with E-state index in [1.165, 1.54) is 0 Å². The largest absolute Gasteiger partial charge is 0.493 e. The maximum Gasteiger partial charge on any atom is 0.193 e. The topological polar surface area (TPSA) is 86.7 Å². The van der Waals surface area contributed by atoms with Crippen molar-refractivity contribution in [3.05, 3.63) is 35.7 Å². The first-order valence-corrected chi connectivity index (χ1v) is 6.81. The minimum absolute atomic E-state index is 0. The highest BCUT2D eigenvalue weighted by Gasteiger charge is 2.06. The van der Waals surface area contributed by atoms with E-state index in [1.54, 1.807) is 32.5 Å². The van der Waals surface area contributed by atoms with Crippen molar-refractivity contribution in [1.29, 1.82) is 0 Å². The molecule has 0 saturated carbocycles. The molecule has 0 saturated heterocycles. The molecule has 1 aromatic heterocycles. The van der Waals surface area contributed by atoms with Gasteiger partial charge in [0.1, 0.15) is 0 Å². The van der Waals surface area contributed by atoms with Crippen LogP contribution in [-0.4, -0.2) is 30.0 Å². The van der Waals surface area contributed by atoms with Crippen molar-refractivity contribution < 1.29 is 9.47 Å². The second-order valence-electron chi connectivity index (χ2n) is 4.78. The van der Waals surface area contributed by atoms with E-state index < -0.39 is 0 Å². The molecule has 0 atom stereocenters. The molecule has 0 radical (unpaired) electrons. The van der Waals surface area contributed by atoms with Gasteiger partial charge in [0.2, 0.25) is 0 Å². The Bertz CT molecular complexity index is 685. The number of methoxy groups -OCH3 is 2. The highest BCUT2D eigenvalue weighted by molar-refractivity contribution is 14.0. The summed E-state index contributed by atoms with van der Waals surface area (Å²) in [5, 5.41) is 7.21. The zero-order valence-corrected chi connectivity index (χ0v) is 16.0. The number of anilines is 1. The number of ether oxygens (including phenoxy) is 2. The van der Waals surface area contributed by atoms with E-state index in [-0.39, 0.29) is 24.0 Å². The van der Waals surface area contributed by atoms with Crippen LogP contribution >= 0.6 is 24.0 Å². The molecule has 0 aliphatic heterocycles. The highest BCUT2D eigenvalue weighted by Crippen LogP contribution is 2.29. The van der Waals surface area contributed by atoms with E-state index in [1.807, 2.05) is 24.7 Å². The molecule has 2 rings (SSSR count). The zero-order valence-electron chi connectivity index (χ0n) is 13.7. The van der Waals surface area contributed by atoms with Crippen LogP contribution in [0.15, 0.2) is 29.4 Å². The summed E-state index contributed by atoms with van der Waals surface area (Å²) in [6, 6.07) is 5.45. The number of nitrogens with two attached hydrogens (primary N) is 1. The molecule has 1 heterocycles. The van der Waals surface area contributed by atoms with Crippen molar-refractivity contribution in [1.82, 2.24) is 9.78 Å². The molecule has 0 unspecified atom stereocenters. The van der Waals surface area contributed by atoms with Gasteiger partial charge in [-0.05, 0) is 19.1 Å². The monoisotopic (exact) mass is 431 g/mol. The van der Waals surface area contributed by atoms with Crippen molar-refractivity contribution >= 4 is 35.6 Å². The molecular formula is C15H22IN5O2. The Hall–Kier alpha value is -1.97. The number of aliphatic imine (C=N–C) groups is 1. The minimum atomic E-state index is 0. The van der Waals surface area contributed by atoms with Gasteiger partial charge in [0.15, 0.2) is 17.5 Å². The van der Waals surface area contributed by atoms with E-state index >= 15 is 0 Å². The fourth-order valence-corrected chi connectivity index (χ4v) is 1.97. The second-order valence-corrected chi connectivity index (χ2v) is 4.78. The van der Waals surface area contributed by atoms with Crippen LogP contribution in [0, 0.1) is 6.92 Å². The fourth-order valence-electron chi connectivity index (χ4n) is 1.97. The lowest BCUT2D eigenvalue weighted by atomic mass is 10.2. The predicted molar refractivity (Wildman–Crippen MR) is 102 cm³/mol. The Kier molecular flexibility index (Phi) is 7.14. The Morgan fingerprint density at radius 3 is 2.57 bits per heavy atom. The molecule has 0 bridgehead atoms. The third-order valence-corrected chi connectivity index (χ3v) is 3.41.